The summed E-state index contributed by atoms with van der Waals surface area (Å²) < 4.78 is 7.43. The molecule has 0 bridgehead atoms. The first-order chi connectivity index (χ1) is 11.1. The van der Waals surface area contributed by atoms with Gasteiger partial charge in [0.25, 0.3) is 0 Å². The molecule has 4 N–H and O–H groups in total. The van der Waals surface area contributed by atoms with E-state index in [1.165, 1.54) is 0 Å². The molecule has 1 fully saturated rings. The molecule has 2 aromatic rings. The molecule has 118 valence electrons. The lowest BCUT2D eigenvalue weighted by atomic mass is 10.2. The zero-order chi connectivity index (χ0) is 16.2. The maximum absolute atomic E-state index is 11.0. The Morgan fingerprint density at radius 2 is 2.09 bits per heavy atom. The number of benzene rings is 1. The molecule has 0 amide bonds. The van der Waals surface area contributed by atoms with Crippen molar-refractivity contribution in [2.24, 2.45) is 7.05 Å². The number of ether oxygens (including phenoxy) is 1. The van der Waals surface area contributed by atoms with Crippen LogP contribution in [0.5, 0.6) is 5.75 Å². The van der Waals surface area contributed by atoms with Crippen LogP contribution in [0.4, 0.5) is 0 Å². The molecule has 1 saturated heterocycles. The second kappa shape index (κ2) is 6.50. The number of carboxylic acids is 1. The number of carbonyl (C=O) groups is 1. The Hall–Kier alpha value is -2.86. The van der Waals surface area contributed by atoms with E-state index in [0.29, 0.717) is 11.6 Å². The Kier molecular flexibility index (Phi) is 4.25. The Balaban J connectivity index is 1.67. The molecule has 2 heterocycles. The first kappa shape index (κ1) is 15.1. The van der Waals surface area contributed by atoms with E-state index >= 15 is 0 Å². The quantitative estimate of drug-likeness (QED) is 0.572. The molecule has 0 saturated carbocycles. The fraction of sp³-hybridized carbons (Fsp3) is 0.200. The highest BCUT2D eigenvalue weighted by atomic mass is 16.5. The molecule has 2 atom stereocenters. The number of hydrogen-bond donors (Lipinski definition) is 4. The van der Waals surface area contributed by atoms with Crippen molar-refractivity contribution in [3.63, 3.8) is 0 Å². The molecular formula is C15H15N5O3. The van der Waals surface area contributed by atoms with Crippen LogP contribution in [0.3, 0.4) is 0 Å². The molecule has 8 heteroatoms. The molecule has 0 aliphatic carbocycles. The second-order valence-electron chi connectivity index (χ2n) is 4.90. The normalized spacial score (nSPS) is 19.9. The zero-order valence-electron chi connectivity index (χ0n) is 12.3. The van der Waals surface area contributed by atoms with E-state index in [4.69, 9.17) is 9.84 Å². The summed E-state index contributed by atoms with van der Waals surface area (Å²) >= 11 is 0. The predicted molar refractivity (Wildman–Crippen MR) is 80.9 cm³/mol. The van der Waals surface area contributed by atoms with E-state index in [2.05, 4.69) is 33.2 Å². The van der Waals surface area contributed by atoms with Gasteiger partial charge in [-0.05, 0) is 30.2 Å². The number of hydrogen-bond acceptors (Lipinski definition) is 6. The average molecular weight is 313 g/mol. The molecule has 0 radical (unpaired) electrons. The van der Waals surface area contributed by atoms with Crippen molar-refractivity contribution in [3.05, 3.63) is 48.0 Å². The molecule has 1 aliphatic heterocycles. The largest absolute Gasteiger partial charge is 0.480 e. The van der Waals surface area contributed by atoms with Crippen molar-refractivity contribution in [2.75, 3.05) is 0 Å². The van der Waals surface area contributed by atoms with Crippen molar-refractivity contribution in [1.29, 1.82) is 0 Å². The van der Waals surface area contributed by atoms with Crippen molar-refractivity contribution in [3.8, 4) is 17.6 Å². The third-order valence-electron chi connectivity index (χ3n) is 3.27. The van der Waals surface area contributed by atoms with Gasteiger partial charge in [0.1, 0.15) is 5.75 Å². The molecule has 8 nitrogen and oxygen atoms in total. The van der Waals surface area contributed by atoms with Gasteiger partial charge in [-0.3, -0.25) is 4.79 Å². The van der Waals surface area contributed by atoms with E-state index in [-0.39, 0.29) is 0 Å². The Morgan fingerprint density at radius 1 is 1.30 bits per heavy atom. The summed E-state index contributed by atoms with van der Waals surface area (Å²) in [5.74, 6) is 6.20. The van der Waals surface area contributed by atoms with Gasteiger partial charge in [0.15, 0.2) is 18.1 Å². The minimum absolute atomic E-state index is 0.543. The van der Waals surface area contributed by atoms with Gasteiger partial charge in [-0.15, -0.1) is 0 Å². The number of nitrogens with zero attached hydrogens (tertiary/aromatic N) is 2. The van der Waals surface area contributed by atoms with E-state index in [0.717, 1.165) is 5.56 Å². The topological polar surface area (TPSA) is 100 Å². The monoisotopic (exact) mass is 313 g/mol. The van der Waals surface area contributed by atoms with E-state index in [1.54, 1.807) is 30.5 Å². The third-order valence-corrected chi connectivity index (χ3v) is 3.27. The SMILES string of the molecule is Cn1ccnc1C#Cc1ccc(OC2NNNC2C(=O)O)cc1. The van der Waals surface area contributed by atoms with E-state index in [1.807, 2.05) is 17.8 Å². The van der Waals surface area contributed by atoms with Gasteiger partial charge in [0, 0.05) is 25.0 Å². The highest BCUT2D eigenvalue weighted by Crippen LogP contribution is 2.15. The van der Waals surface area contributed by atoms with Crippen LogP contribution in [0.1, 0.15) is 11.4 Å². The van der Waals surface area contributed by atoms with Crippen molar-refractivity contribution >= 4 is 5.97 Å². The molecule has 1 aliphatic rings. The number of carboxylic acid groups (broad SMARTS) is 1. The molecule has 1 aromatic heterocycles. The fourth-order valence-electron chi connectivity index (χ4n) is 2.02. The van der Waals surface area contributed by atoms with Crippen LogP contribution >= 0.6 is 0 Å². The molecule has 3 rings (SSSR count). The molecule has 1 aromatic carbocycles. The molecule has 2 unspecified atom stereocenters. The maximum Gasteiger partial charge on any atom is 0.327 e. The molecule has 0 spiro atoms. The number of aryl methyl sites for hydroxylation is 1. The summed E-state index contributed by atoms with van der Waals surface area (Å²) in [4.78, 5) is 15.2. The van der Waals surface area contributed by atoms with Gasteiger partial charge in [-0.2, -0.15) is 5.53 Å². The number of rotatable bonds is 3. The fourth-order valence-corrected chi connectivity index (χ4v) is 2.02. The van der Waals surface area contributed by atoms with Gasteiger partial charge in [-0.25, -0.2) is 15.8 Å². The first-order valence-electron chi connectivity index (χ1n) is 6.88. The Labute approximate surface area is 132 Å². The van der Waals surface area contributed by atoms with Crippen LogP contribution in [0.2, 0.25) is 0 Å². The number of imidazole rings is 1. The summed E-state index contributed by atoms with van der Waals surface area (Å²) in [5, 5.41) is 9.04. The van der Waals surface area contributed by atoms with E-state index < -0.39 is 18.2 Å². The van der Waals surface area contributed by atoms with Crippen molar-refractivity contribution in [2.45, 2.75) is 12.3 Å². The van der Waals surface area contributed by atoms with Crippen LogP contribution in [0.25, 0.3) is 0 Å². The predicted octanol–water partition coefficient (Wildman–Crippen LogP) is -0.410. The Morgan fingerprint density at radius 3 is 2.74 bits per heavy atom. The standard InChI is InChI=1S/C15H15N5O3/c1-20-9-8-16-12(20)7-4-10-2-5-11(6-3-10)23-14-13(15(21)22)17-19-18-14/h2-3,5-6,8-9,13-14,17-19H,1H3,(H,21,22). The van der Waals surface area contributed by atoms with Gasteiger partial charge in [-0.1, -0.05) is 5.92 Å². The highest BCUT2D eigenvalue weighted by Gasteiger charge is 2.34. The van der Waals surface area contributed by atoms with Crippen LogP contribution in [-0.2, 0) is 11.8 Å². The van der Waals surface area contributed by atoms with Crippen LogP contribution < -0.4 is 21.1 Å². The molecule has 23 heavy (non-hydrogen) atoms. The lowest BCUT2D eigenvalue weighted by Gasteiger charge is -2.16. The maximum atomic E-state index is 11.0. The lowest BCUT2D eigenvalue weighted by Crippen LogP contribution is -2.44. The highest BCUT2D eigenvalue weighted by molar-refractivity contribution is 5.74. The summed E-state index contributed by atoms with van der Waals surface area (Å²) in [5.41, 5.74) is 8.61. The minimum Gasteiger partial charge on any atom is -0.480 e. The summed E-state index contributed by atoms with van der Waals surface area (Å²) in [7, 11) is 1.88. The smallest absolute Gasteiger partial charge is 0.327 e. The lowest BCUT2D eigenvalue weighted by molar-refractivity contribution is -0.141. The van der Waals surface area contributed by atoms with Gasteiger partial charge >= 0.3 is 5.97 Å². The van der Waals surface area contributed by atoms with Crippen LogP contribution in [-0.4, -0.2) is 32.9 Å². The minimum atomic E-state index is -1.01. The summed E-state index contributed by atoms with van der Waals surface area (Å²) in [6.07, 6.45) is 2.81. The van der Waals surface area contributed by atoms with E-state index in [9.17, 15) is 4.79 Å². The third kappa shape index (κ3) is 3.49. The van der Waals surface area contributed by atoms with Gasteiger partial charge in [0.05, 0.1) is 0 Å². The van der Waals surface area contributed by atoms with Crippen LogP contribution in [0, 0.1) is 11.8 Å². The zero-order valence-corrected chi connectivity index (χ0v) is 12.3. The number of aliphatic carboxylic acids is 1. The van der Waals surface area contributed by atoms with Crippen LogP contribution in [0.15, 0.2) is 36.7 Å². The average Bonchev–Trinajstić information content (AvgIpc) is 3.16. The number of hydrazine groups is 2. The van der Waals surface area contributed by atoms with Crippen molar-refractivity contribution in [1.82, 2.24) is 25.9 Å². The summed E-state index contributed by atoms with van der Waals surface area (Å²) in [6.45, 7) is 0. The van der Waals surface area contributed by atoms with Gasteiger partial charge < -0.3 is 14.4 Å². The van der Waals surface area contributed by atoms with Crippen molar-refractivity contribution < 1.29 is 14.6 Å². The van der Waals surface area contributed by atoms with Gasteiger partial charge in [0.2, 0.25) is 0 Å². The number of aromatic nitrogens is 2. The summed E-state index contributed by atoms with van der Waals surface area (Å²) in [6, 6.07) is 6.20. The first-order valence-corrected chi connectivity index (χ1v) is 6.88. The molecular weight excluding hydrogens is 298 g/mol. The number of nitrogens with one attached hydrogen (secondary N) is 3. The Bertz CT molecular complexity index is 759. The second-order valence-corrected chi connectivity index (χ2v) is 4.90.